The molecular formula is C25H32N2O2S. The fourth-order valence-electron chi connectivity index (χ4n) is 4.67. The normalized spacial score (nSPS) is 15.2. The van der Waals surface area contributed by atoms with Crippen LogP contribution in [0, 0.1) is 11.8 Å². The average Bonchev–Trinajstić information content (AvgIpc) is 3.37. The summed E-state index contributed by atoms with van der Waals surface area (Å²) in [5, 5.41) is 11.5. The summed E-state index contributed by atoms with van der Waals surface area (Å²) in [6.07, 6.45) is 6.60. The van der Waals surface area contributed by atoms with Gasteiger partial charge in [0.15, 0.2) is 5.78 Å². The van der Waals surface area contributed by atoms with Crippen molar-refractivity contribution in [3.63, 3.8) is 0 Å². The van der Waals surface area contributed by atoms with Crippen LogP contribution in [0.25, 0.3) is 11.0 Å². The van der Waals surface area contributed by atoms with E-state index < -0.39 is 0 Å². The predicted octanol–water partition coefficient (Wildman–Crippen LogP) is 6.03. The lowest BCUT2D eigenvalue weighted by Crippen LogP contribution is -2.13. The van der Waals surface area contributed by atoms with Crippen molar-refractivity contribution >= 4 is 28.2 Å². The maximum absolute atomic E-state index is 13.0. The number of Topliss-reactive ketones (excluding diaryl/α,β-unsaturated/α-hetero) is 1. The second kappa shape index (κ2) is 9.44. The molecule has 0 spiro atoms. The van der Waals surface area contributed by atoms with Crippen molar-refractivity contribution < 1.29 is 9.90 Å². The van der Waals surface area contributed by atoms with E-state index in [1.165, 1.54) is 17.7 Å². The van der Waals surface area contributed by atoms with Gasteiger partial charge in [-0.15, -0.1) is 11.3 Å². The first-order chi connectivity index (χ1) is 14.6. The van der Waals surface area contributed by atoms with E-state index in [-0.39, 0.29) is 12.4 Å². The van der Waals surface area contributed by atoms with Crippen LogP contribution in [0.3, 0.4) is 0 Å². The van der Waals surface area contributed by atoms with Crippen LogP contribution in [0.2, 0.25) is 0 Å². The Kier molecular flexibility index (Phi) is 6.69. The Morgan fingerprint density at radius 1 is 1.27 bits per heavy atom. The smallest absolute Gasteiger partial charge is 0.163 e. The van der Waals surface area contributed by atoms with E-state index in [1.807, 2.05) is 12.1 Å². The second-order valence-corrected chi connectivity index (χ2v) is 9.60. The van der Waals surface area contributed by atoms with Gasteiger partial charge in [0, 0.05) is 35.9 Å². The van der Waals surface area contributed by atoms with Gasteiger partial charge in [0.2, 0.25) is 0 Å². The molecule has 1 N–H and O–H groups in total. The number of hydrogen-bond donors (Lipinski definition) is 1. The number of carbonyl (C=O) groups excluding carboxylic acids is 1. The summed E-state index contributed by atoms with van der Waals surface area (Å²) in [6.45, 7) is 4.62. The van der Waals surface area contributed by atoms with Gasteiger partial charge in [-0.25, -0.2) is 4.98 Å². The lowest BCUT2D eigenvalue weighted by molar-refractivity contribution is 0.0946. The molecule has 30 heavy (non-hydrogen) atoms. The van der Waals surface area contributed by atoms with Crippen LogP contribution in [0.4, 0.5) is 0 Å². The van der Waals surface area contributed by atoms with Gasteiger partial charge in [-0.2, -0.15) is 0 Å². The lowest BCUT2D eigenvalue weighted by atomic mass is 9.91. The van der Waals surface area contributed by atoms with Crippen LogP contribution in [0.5, 0.6) is 0 Å². The molecule has 0 bridgehead atoms. The SMILES string of the molecule is CCC(CC)n1c(Cc2cccs2)nc2cc(C(=O)CC(CCO)C3CC3)ccc21. The Balaban J connectivity index is 1.65. The van der Waals surface area contributed by atoms with E-state index in [1.54, 1.807) is 11.3 Å². The highest BCUT2D eigenvalue weighted by Gasteiger charge is 2.32. The molecular weight excluding hydrogens is 392 g/mol. The van der Waals surface area contributed by atoms with Crippen LogP contribution in [0.15, 0.2) is 35.7 Å². The molecule has 160 valence electrons. The topological polar surface area (TPSA) is 55.1 Å². The summed E-state index contributed by atoms with van der Waals surface area (Å²) in [6, 6.07) is 10.7. The summed E-state index contributed by atoms with van der Waals surface area (Å²) < 4.78 is 2.39. The predicted molar refractivity (Wildman–Crippen MR) is 123 cm³/mol. The number of aliphatic hydroxyl groups is 1. The number of rotatable bonds is 11. The molecule has 1 aromatic carbocycles. The van der Waals surface area contributed by atoms with Crippen LogP contribution >= 0.6 is 11.3 Å². The van der Waals surface area contributed by atoms with Crippen molar-refractivity contribution in [3.05, 3.63) is 52.0 Å². The van der Waals surface area contributed by atoms with Gasteiger partial charge in [0.05, 0.1) is 11.0 Å². The lowest BCUT2D eigenvalue weighted by Gasteiger charge is -2.19. The molecule has 1 aliphatic rings. The number of aromatic nitrogens is 2. The standard InChI is InChI=1S/C25H32N2O2S/c1-3-20(4-2)27-23-10-9-19(24(29)15-18(11-12-28)17-7-8-17)14-22(23)26-25(27)16-21-6-5-13-30-21/h5-6,9-10,13-14,17-18,20,28H,3-4,7-8,11-12,15-16H2,1-2H3. The number of aliphatic hydroxyl groups excluding tert-OH is 1. The van der Waals surface area contributed by atoms with Gasteiger partial charge in [-0.05, 0) is 73.6 Å². The van der Waals surface area contributed by atoms with Crippen molar-refractivity contribution in [3.8, 4) is 0 Å². The zero-order valence-corrected chi connectivity index (χ0v) is 18.8. The highest BCUT2D eigenvalue weighted by atomic mass is 32.1. The molecule has 4 rings (SSSR count). The van der Waals surface area contributed by atoms with E-state index >= 15 is 0 Å². The summed E-state index contributed by atoms with van der Waals surface area (Å²) in [7, 11) is 0. The summed E-state index contributed by atoms with van der Waals surface area (Å²) in [5.41, 5.74) is 2.80. The number of thiophene rings is 1. The maximum Gasteiger partial charge on any atom is 0.163 e. The van der Waals surface area contributed by atoms with E-state index in [2.05, 4.69) is 42.0 Å². The summed E-state index contributed by atoms with van der Waals surface area (Å²) in [4.78, 5) is 19.3. The van der Waals surface area contributed by atoms with E-state index in [4.69, 9.17) is 4.98 Å². The van der Waals surface area contributed by atoms with Crippen LogP contribution < -0.4 is 0 Å². The van der Waals surface area contributed by atoms with Crippen molar-refractivity contribution in [2.24, 2.45) is 11.8 Å². The first-order valence-corrected chi connectivity index (χ1v) is 12.2. The van der Waals surface area contributed by atoms with Gasteiger partial charge < -0.3 is 9.67 Å². The zero-order chi connectivity index (χ0) is 21.1. The Morgan fingerprint density at radius 3 is 2.70 bits per heavy atom. The Bertz CT molecular complexity index is 984. The number of fused-ring (bicyclic) bond motifs is 1. The number of carbonyl (C=O) groups is 1. The first kappa shape index (κ1) is 21.3. The number of ketones is 1. The molecule has 0 saturated heterocycles. The van der Waals surface area contributed by atoms with Gasteiger partial charge in [-0.3, -0.25) is 4.79 Å². The molecule has 2 heterocycles. The van der Waals surface area contributed by atoms with Crippen molar-refractivity contribution in [2.45, 2.75) is 64.8 Å². The highest BCUT2D eigenvalue weighted by Crippen LogP contribution is 2.40. The van der Waals surface area contributed by atoms with Crippen LogP contribution in [-0.2, 0) is 6.42 Å². The van der Waals surface area contributed by atoms with Crippen molar-refractivity contribution in [1.82, 2.24) is 9.55 Å². The molecule has 0 radical (unpaired) electrons. The monoisotopic (exact) mass is 424 g/mol. The largest absolute Gasteiger partial charge is 0.396 e. The molecule has 0 amide bonds. The third kappa shape index (κ3) is 4.52. The average molecular weight is 425 g/mol. The number of imidazole rings is 1. The number of nitrogens with zero attached hydrogens (tertiary/aromatic N) is 2. The Labute approximate surface area is 183 Å². The molecule has 1 fully saturated rings. The minimum atomic E-state index is 0.166. The maximum atomic E-state index is 13.0. The minimum Gasteiger partial charge on any atom is -0.396 e. The van der Waals surface area contributed by atoms with Crippen LogP contribution in [0.1, 0.15) is 79.5 Å². The summed E-state index contributed by atoms with van der Waals surface area (Å²) >= 11 is 1.76. The molecule has 0 aliphatic heterocycles. The third-order valence-corrected chi connectivity index (χ3v) is 7.42. The molecule has 1 atom stereocenters. The quantitative estimate of drug-likeness (QED) is 0.382. The third-order valence-electron chi connectivity index (χ3n) is 6.54. The fourth-order valence-corrected chi connectivity index (χ4v) is 5.37. The molecule has 4 nitrogen and oxygen atoms in total. The first-order valence-electron chi connectivity index (χ1n) is 11.3. The van der Waals surface area contributed by atoms with Gasteiger partial charge >= 0.3 is 0 Å². The zero-order valence-electron chi connectivity index (χ0n) is 18.0. The molecule has 3 aromatic rings. The number of hydrogen-bond acceptors (Lipinski definition) is 4. The fraction of sp³-hybridized carbons (Fsp3) is 0.520. The van der Waals surface area contributed by atoms with Crippen LogP contribution in [-0.4, -0.2) is 27.0 Å². The Morgan fingerprint density at radius 2 is 2.07 bits per heavy atom. The molecule has 2 aromatic heterocycles. The minimum absolute atomic E-state index is 0.166. The molecule has 1 saturated carbocycles. The Hall–Kier alpha value is -1.98. The van der Waals surface area contributed by atoms with Gasteiger partial charge in [-0.1, -0.05) is 19.9 Å². The molecule has 1 unspecified atom stereocenters. The highest BCUT2D eigenvalue weighted by molar-refractivity contribution is 7.09. The van der Waals surface area contributed by atoms with Crippen molar-refractivity contribution in [1.29, 1.82) is 0 Å². The van der Waals surface area contributed by atoms with E-state index in [0.717, 1.165) is 48.1 Å². The second-order valence-electron chi connectivity index (χ2n) is 8.57. The van der Waals surface area contributed by atoms with Gasteiger partial charge in [0.25, 0.3) is 0 Å². The van der Waals surface area contributed by atoms with E-state index in [9.17, 15) is 9.90 Å². The van der Waals surface area contributed by atoms with Gasteiger partial charge in [0.1, 0.15) is 5.82 Å². The van der Waals surface area contributed by atoms with Crippen molar-refractivity contribution in [2.75, 3.05) is 6.61 Å². The number of benzene rings is 1. The van der Waals surface area contributed by atoms with E-state index in [0.29, 0.717) is 24.3 Å². The molecule has 5 heteroatoms. The molecule has 1 aliphatic carbocycles. The summed E-state index contributed by atoms with van der Waals surface area (Å²) in [5.74, 6) is 2.20.